The summed E-state index contributed by atoms with van der Waals surface area (Å²) >= 11 is 1.38. The predicted octanol–water partition coefficient (Wildman–Crippen LogP) is 1.18. The van der Waals surface area contributed by atoms with E-state index in [0.717, 1.165) is 4.88 Å². The van der Waals surface area contributed by atoms with Gasteiger partial charge in [0, 0.05) is 12.4 Å². The second kappa shape index (κ2) is 2.86. The lowest BCUT2D eigenvalue weighted by atomic mass is 10.5. The van der Waals surface area contributed by atoms with E-state index in [4.69, 9.17) is 5.73 Å². The first-order chi connectivity index (χ1) is 5.86. The van der Waals surface area contributed by atoms with Crippen LogP contribution in [0.2, 0.25) is 0 Å². The highest BCUT2D eigenvalue weighted by Crippen LogP contribution is 2.23. The molecule has 0 aliphatic heterocycles. The Balaban J connectivity index is 2.45. The summed E-state index contributed by atoms with van der Waals surface area (Å²) in [6, 6.07) is 1.77. The molecule has 0 aliphatic rings. The van der Waals surface area contributed by atoms with Crippen LogP contribution in [0.4, 0.5) is 5.13 Å². The molecule has 4 nitrogen and oxygen atoms in total. The van der Waals surface area contributed by atoms with Gasteiger partial charge in [-0.3, -0.25) is 0 Å². The second-order valence-corrected chi connectivity index (χ2v) is 3.20. The van der Waals surface area contributed by atoms with Crippen molar-refractivity contribution in [1.82, 2.24) is 15.0 Å². The van der Waals surface area contributed by atoms with E-state index >= 15 is 0 Å². The number of nitrogens with two attached hydrogens (primary N) is 1. The Kier molecular flexibility index (Phi) is 1.71. The fourth-order valence-corrected chi connectivity index (χ4v) is 1.45. The van der Waals surface area contributed by atoms with E-state index in [1.807, 2.05) is 0 Å². The Hall–Kier alpha value is -1.49. The van der Waals surface area contributed by atoms with Crippen molar-refractivity contribution in [2.75, 3.05) is 5.73 Å². The topological polar surface area (TPSA) is 64.7 Å². The lowest BCUT2D eigenvalue weighted by Gasteiger charge is -1.90. The van der Waals surface area contributed by atoms with Crippen LogP contribution in [0.15, 0.2) is 24.7 Å². The Labute approximate surface area is 73.1 Å². The number of anilines is 1. The number of nitrogen functional groups attached to an aromatic ring is 1. The zero-order valence-electron chi connectivity index (χ0n) is 6.14. The van der Waals surface area contributed by atoms with Crippen LogP contribution in [-0.2, 0) is 0 Å². The number of nitrogens with zero attached hydrogens (tertiary/aromatic N) is 3. The SMILES string of the molecule is Nc1ncc(-c2ncccn2)s1. The maximum absolute atomic E-state index is 5.47. The summed E-state index contributed by atoms with van der Waals surface area (Å²) in [6.45, 7) is 0. The molecule has 0 radical (unpaired) electrons. The van der Waals surface area contributed by atoms with Gasteiger partial charge in [0.05, 0.1) is 11.1 Å². The molecule has 2 aromatic rings. The number of thiazole rings is 1. The quantitative estimate of drug-likeness (QED) is 0.712. The van der Waals surface area contributed by atoms with Gasteiger partial charge in [-0.15, -0.1) is 0 Å². The Bertz CT molecular complexity index is 370. The molecule has 0 fully saturated rings. The van der Waals surface area contributed by atoms with Gasteiger partial charge < -0.3 is 5.73 Å². The number of hydrogen-bond acceptors (Lipinski definition) is 5. The van der Waals surface area contributed by atoms with E-state index in [-0.39, 0.29) is 0 Å². The van der Waals surface area contributed by atoms with Crippen LogP contribution < -0.4 is 5.73 Å². The Morgan fingerprint density at radius 2 is 1.92 bits per heavy atom. The van der Waals surface area contributed by atoms with Crippen molar-refractivity contribution in [2.24, 2.45) is 0 Å². The van der Waals surface area contributed by atoms with Gasteiger partial charge in [0.2, 0.25) is 0 Å². The van der Waals surface area contributed by atoms with Crippen LogP contribution in [0, 0.1) is 0 Å². The average molecular weight is 178 g/mol. The maximum atomic E-state index is 5.47. The molecular formula is C7H6N4S. The molecule has 0 aliphatic carbocycles. The standard InChI is InChI=1S/C7H6N4S/c8-7-11-4-5(12-7)6-9-2-1-3-10-6/h1-4H,(H2,8,11). The normalized spacial score (nSPS) is 10.0. The van der Waals surface area contributed by atoms with E-state index in [0.29, 0.717) is 11.0 Å². The molecular weight excluding hydrogens is 172 g/mol. The van der Waals surface area contributed by atoms with E-state index < -0.39 is 0 Å². The summed E-state index contributed by atoms with van der Waals surface area (Å²) < 4.78 is 0. The van der Waals surface area contributed by atoms with Gasteiger partial charge in [0.25, 0.3) is 0 Å². The molecule has 0 saturated carbocycles. The summed E-state index contributed by atoms with van der Waals surface area (Å²) in [4.78, 5) is 12.9. The smallest absolute Gasteiger partial charge is 0.180 e. The lowest BCUT2D eigenvalue weighted by molar-refractivity contribution is 1.18. The van der Waals surface area contributed by atoms with Crippen LogP contribution in [0.25, 0.3) is 10.7 Å². The van der Waals surface area contributed by atoms with E-state index in [2.05, 4.69) is 15.0 Å². The van der Waals surface area contributed by atoms with Gasteiger partial charge in [0.15, 0.2) is 11.0 Å². The van der Waals surface area contributed by atoms with Gasteiger partial charge in [0.1, 0.15) is 0 Å². The summed E-state index contributed by atoms with van der Waals surface area (Å²) in [5.74, 6) is 0.673. The third-order valence-corrected chi connectivity index (χ3v) is 2.13. The zero-order chi connectivity index (χ0) is 8.39. The summed E-state index contributed by atoms with van der Waals surface area (Å²) in [5.41, 5.74) is 5.47. The van der Waals surface area contributed by atoms with Crippen LogP contribution in [0.3, 0.4) is 0 Å². The molecule has 0 amide bonds. The highest BCUT2D eigenvalue weighted by molar-refractivity contribution is 7.18. The highest BCUT2D eigenvalue weighted by atomic mass is 32.1. The summed E-state index contributed by atoms with van der Waals surface area (Å²) in [6.07, 6.45) is 5.06. The third-order valence-electron chi connectivity index (χ3n) is 1.31. The van der Waals surface area contributed by atoms with Crippen LogP contribution >= 0.6 is 11.3 Å². The molecule has 0 saturated heterocycles. The van der Waals surface area contributed by atoms with Gasteiger partial charge in [-0.05, 0) is 6.07 Å². The summed E-state index contributed by atoms with van der Waals surface area (Å²) in [5, 5.41) is 0.539. The second-order valence-electron chi connectivity index (χ2n) is 2.14. The number of rotatable bonds is 1. The van der Waals surface area contributed by atoms with E-state index in [1.165, 1.54) is 11.3 Å². The number of aromatic nitrogens is 3. The molecule has 60 valence electrons. The van der Waals surface area contributed by atoms with Crippen LogP contribution in [0.5, 0.6) is 0 Å². The number of hydrogen-bond donors (Lipinski definition) is 1. The van der Waals surface area contributed by atoms with E-state index in [9.17, 15) is 0 Å². The molecule has 0 atom stereocenters. The molecule has 0 aromatic carbocycles. The molecule has 12 heavy (non-hydrogen) atoms. The van der Waals surface area contributed by atoms with Gasteiger partial charge in [-0.1, -0.05) is 11.3 Å². The third kappa shape index (κ3) is 1.26. The van der Waals surface area contributed by atoms with Crippen molar-refractivity contribution in [3.05, 3.63) is 24.7 Å². The molecule has 2 aromatic heterocycles. The lowest BCUT2D eigenvalue weighted by Crippen LogP contribution is -1.82. The fourth-order valence-electron chi connectivity index (χ4n) is 0.817. The molecule has 2 N–H and O–H groups in total. The van der Waals surface area contributed by atoms with Crippen LogP contribution in [-0.4, -0.2) is 15.0 Å². The minimum absolute atomic E-state index is 0.539. The van der Waals surface area contributed by atoms with Crippen molar-refractivity contribution in [3.8, 4) is 10.7 Å². The minimum atomic E-state index is 0.539. The largest absolute Gasteiger partial charge is 0.375 e. The van der Waals surface area contributed by atoms with Gasteiger partial charge >= 0.3 is 0 Å². The Morgan fingerprint density at radius 3 is 2.50 bits per heavy atom. The first-order valence-corrected chi connectivity index (χ1v) is 4.16. The minimum Gasteiger partial charge on any atom is -0.375 e. The summed E-state index contributed by atoms with van der Waals surface area (Å²) in [7, 11) is 0. The van der Waals surface area contributed by atoms with Gasteiger partial charge in [-0.25, -0.2) is 15.0 Å². The van der Waals surface area contributed by atoms with Crippen molar-refractivity contribution < 1.29 is 0 Å². The van der Waals surface area contributed by atoms with E-state index in [1.54, 1.807) is 24.7 Å². The molecule has 5 heteroatoms. The van der Waals surface area contributed by atoms with Crippen LogP contribution in [0.1, 0.15) is 0 Å². The molecule has 2 heterocycles. The Morgan fingerprint density at radius 1 is 1.17 bits per heavy atom. The highest BCUT2D eigenvalue weighted by Gasteiger charge is 2.02. The average Bonchev–Trinajstić information content (AvgIpc) is 2.54. The first-order valence-electron chi connectivity index (χ1n) is 3.35. The predicted molar refractivity (Wildman–Crippen MR) is 47.6 cm³/mol. The van der Waals surface area contributed by atoms with Crippen molar-refractivity contribution in [2.45, 2.75) is 0 Å². The maximum Gasteiger partial charge on any atom is 0.180 e. The van der Waals surface area contributed by atoms with Gasteiger partial charge in [-0.2, -0.15) is 0 Å². The van der Waals surface area contributed by atoms with Crippen molar-refractivity contribution in [3.63, 3.8) is 0 Å². The molecule has 2 rings (SSSR count). The fraction of sp³-hybridized carbons (Fsp3) is 0. The monoisotopic (exact) mass is 178 g/mol. The molecule has 0 spiro atoms. The van der Waals surface area contributed by atoms with Crippen molar-refractivity contribution >= 4 is 16.5 Å². The zero-order valence-corrected chi connectivity index (χ0v) is 6.95. The molecule has 0 bridgehead atoms. The van der Waals surface area contributed by atoms with Crippen molar-refractivity contribution in [1.29, 1.82) is 0 Å². The molecule has 0 unspecified atom stereocenters. The first kappa shape index (κ1) is 7.17.